The van der Waals surface area contributed by atoms with Crippen LogP contribution >= 0.6 is 0 Å². The second-order valence-electron chi connectivity index (χ2n) is 6.96. The van der Waals surface area contributed by atoms with Gasteiger partial charge in [0, 0.05) is 25.6 Å². The predicted octanol–water partition coefficient (Wildman–Crippen LogP) is 3.89. The van der Waals surface area contributed by atoms with Crippen molar-refractivity contribution in [3.8, 4) is 0 Å². The van der Waals surface area contributed by atoms with Gasteiger partial charge in [0.25, 0.3) is 0 Å². The molecule has 0 radical (unpaired) electrons. The van der Waals surface area contributed by atoms with E-state index in [0.29, 0.717) is 11.8 Å². The van der Waals surface area contributed by atoms with Crippen molar-refractivity contribution in [3.63, 3.8) is 0 Å². The number of hydrogen-bond donors (Lipinski definition) is 0. The van der Waals surface area contributed by atoms with Crippen LogP contribution < -0.4 is 0 Å². The lowest BCUT2D eigenvalue weighted by atomic mass is 9.94. The molecule has 0 bridgehead atoms. The summed E-state index contributed by atoms with van der Waals surface area (Å²) in [6.07, 6.45) is 2.00. The van der Waals surface area contributed by atoms with Crippen molar-refractivity contribution < 1.29 is 4.79 Å². The highest BCUT2D eigenvalue weighted by Crippen LogP contribution is 2.22. The van der Waals surface area contributed by atoms with Gasteiger partial charge in [-0.2, -0.15) is 0 Å². The molecule has 0 aliphatic carbocycles. The smallest absolute Gasteiger partial charge is 0.225 e. The average Bonchev–Trinajstić information content (AvgIpc) is 2.57. The minimum atomic E-state index is 0.231. The third kappa shape index (κ3) is 4.81. The Balaban J connectivity index is 1.83. The molecule has 23 heavy (non-hydrogen) atoms. The van der Waals surface area contributed by atoms with Crippen molar-refractivity contribution in [1.82, 2.24) is 9.80 Å². The Hall–Kier alpha value is -1.35. The van der Waals surface area contributed by atoms with Crippen molar-refractivity contribution in [3.05, 3.63) is 35.4 Å². The Labute approximate surface area is 141 Å². The van der Waals surface area contributed by atoms with Crippen LogP contribution in [0.2, 0.25) is 0 Å². The molecule has 1 aromatic carbocycles. The third-order valence-electron chi connectivity index (χ3n) is 5.06. The predicted molar refractivity (Wildman–Crippen MR) is 96.5 cm³/mol. The van der Waals surface area contributed by atoms with Crippen LogP contribution in [0.4, 0.5) is 0 Å². The van der Waals surface area contributed by atoms with Crippen molar-refractivity contribution in [1.29, 1.82) is 0 Å². The maximum atomic E-state index is 12.4. The lowest BCUT2D eigenvalue weighted by Gasteiger charge is -2.33. The van der Waals surface area contributed by atoms with Gasteiger partial charge < -0.3 is 4.90 Å². The maximum Gasteiger partial charge on any atom is 0.225 e. The lowest BCUT2D eigenvalue weighted by Crippen LogP contribution is -2.42. The van der Waals surface area contributed by atoms with E-state index >= 15 is 0 Å². The fourth-order valence-corrected chi connectivity index (χ4v) is 3.40. The molecule has 0 saturated carbocycles. The molecular formula is C20H32N2O. The van der Waals surface area contributed by atoms with Crippen LogP contribution in [-0.2, 0) is 11.3 Å². The minimum Gasteiger partial charge on any atom is -0.343 e. The van der Waals surface area contributed by atoms with E-state index in [1.54, 1.807) is 0 Å². The third-order valence-corrected chi connectivity index (χ3v) is 5.06. The average molecular weight is 316 g/mol. The number of hydrogen-bond acceptors (Lipinski definition) is 2. The first-order chi connectivity index (χ1) is 11.0. The van der Waals surface area contributed by atoms with Gasteiger partial charge in [0.05, 0.1) is 0 Å². The molecule has 1 amide bonds. The van der Waals surface area contributed by atoms with Crippen molar-refractivity contribution in [2.45, 2.75) is 53.0 Å². The maximum absolute atomic E-state index is 12.4. The lowest BCUT2D eigenvalue weighted by molar-refractivity contribution is -0.136. The number of benzene rings is 1. The quantitative estimate of drug-likeness (QED) is 0.795. The minimum absolute atomic E-state index is 0.231. The first-order valence-corrected chi connectivity index (χ1v) is 9.15. The molecule has 128 valence electrons. The van der Waals surface area contributed by atoms with Crippen LogP contribution in [0.5, 0.6) is 0 Å². The van der Waals surface area contributed by atoms with E-state index in [1.165, 1.54) is 11.1 Å². The fourth-order valence-electron chi connectivity index (χ4n) is 3.40. The van der Waals surface area contributed by atoms with Gasteiger partial charge in [-0.05, 0) is 56.8 Å². The summed E-state index contributed by atoms with van der Waals surface area (Å²) in [6.45, 7) is 13.3. The number of carbonyl (C=O) groups is 1. The van der Waals surface area contributed by atoms with Crippen LogP contribution in [0, 0.1) is 5.92 Å². The normalized spacial score (nSPS) is 16.7. The van der Waals surface area contributed by atoms with Crippen molar-refractivity contribution in [2.75, 3.05) is 26.2 Å². The Morgan fingerprint density at radius 2 is 1.70 bits per heavy atom. The van der Waals surface area contributed by atoms with E-state index in [-0.39, 0.29) is 5.92 Å². The molecule has 0 N–H and O–H groups in total. The molecule has 0 spiro atoms. The molecule has 1 aliphatic heterocycles. The molecule has 2 rings (SSSR count). The van der Waals surface area contributed by atoms with Gasteiger partial charge in [0.15, 0.2) is 0 Å². The van der Waals surface area contributed by atoms with Crippen LogP contribution in [0.3, 0.4) is 0 Å². The molecule has 3 heteroatoms. The van der Waals surface area contributed by atoms with E-state index in [9.17, 15) is 4.79 Å². The summed E-state index contributed by atoms with van der Waals surface area (Å²) in [7, 11) is 0. The summed E-state index contributed by atoms with van der Waals surface area (Å²) < 4.78 is 0. The van der Waals surface area contributed by atoms with E-state index < -0.39 is 0 Å². The van der Waals surface area contributed by atoms with Crippen LogP contribution in [0.1, 0.15) is 57.6 Å². The number of piperidine rings is 1. The number of rotatable bonds is 6. The summed E-state index contributed by atoms with van der Waals surface area (Å²) >= 11 is 0. The Morgan fingerprint density at radius 1 is 1.13 bits per heavy atom. The standard InChI is InChI=1S/C20H32N2O/c1-5-22(6-2)20(23)19-11-13-21(14-12-19)15-17-7-9-18(10-8-17)16(3)4/h7-10,16,19H,5-6,11-15H2,1-4H3. The second kappa shape index (κ2) is 8.49. The van der Waals surface area contributed by atoms with Crippen molar-refractivity contribution >= 4 is 5.91 Å². The van der Waals surface area contributed by atoms with Crippen molar-refractivity contribution in [2.24, 2.45) is 5.92 Å². The SMILES string of the molecule is CCN(CC)C(=O)C1CCN(Cc2ccc(C(C)C)cc2)CC1. The molecule has 0 atom stereocenters. The highest BCUT2D eigenvalue weighted by atomic mass is 16.2. The van der Waals surface area contributed by atoms with E-state index in [1.807, 2.05) is 4.90 Å². The summed E-state index contributed by atoms with van der Waals surface area (Å²) in [6, 6.07) is 9.00. The molecule has 1 saturated heterocycles. The van der Waals surface area contributed by atoms with Crippen LogP contribution in [-0.4, -0.2) is 41.9 Å². The number of amides is 1. The first-order valence-electron chi connectivity index (χ1n) is 9.15. The summed E-state index contributed by atoms with van der Waals surface area (Å²) in [5.41, 5.74) is 2.78. The second-order valence-corrected chi connectivity index (χ2v) is 6.96. The largest absolute Gasteiger partial charge is 0.343 e. The van der Waals surface area contributed by atoms with E-state index in [2.05, 4.69) is 56.9 Å². The van der Waals surface area contributed by atoms with E-state index in [4.69, 9.17) is 0 Å². The molecule has 0 unspecified atom stereocenters. The monoisotopic (exact) mass is 316 g/mol. The highest BCUT2D eigenvalue weighted by molar-refractivity contribution is 5.78. The van der Waals surface area contributed by atoms with Gasteiger partial charge in [-0.15, -0.1) is 0 Å². The Bertz CT molecular complexity index is 483. The number of likely N-dealkylation sites (tertiary alicyclic amines) is 1. The zero-order valence-corrected chi connectivity index (χ0v) is 15.2. The Morgan fingerprint density at radius 3 is 2.17 bits per heavy atom. The highest BCUT2D eigenvalue weighted by Gasteiger charge is 2.27. The van der Waals surface area contributed by atoms with Crippen LogP contribution in [0.25, 0.3) is 0 Å². The number of carbonyl (C=O) groups excluding carboxylic acids is 1. The van der Waals surface area contributed by atoms with E-state index in [0.717, 1.165) is 45.6 Å². The molecule has 1 aliphatic rings. The topological polar surface area (TPSA) is 23.6 Å². The van der Waals surface area contributed by atoms with Gasteiger partial charge in [-0.1, -0.05) is 38.1 Å². The summed E-state index contributed by atoms with van der Waals surface area (Å²) in [5, 5.41) is 0. The van der Waals surface area contributed by atoms with Gasteiger partial charge >= 0.3 is 0 Å². The van der Waals surface area contributed by atoms with Gasteiger partial charge in [0.2, 0.25) is 5.91 Å². The molecule has 3 nitrogen and oxygen atoms in total. The fraction of sp³-hybridized carbons (Fsp3) is 0.650. The summed E-state index contributed by atoms with van der Waals surface area (Å²) in [4.78, 5) is 16.9. The van der Waals surface area contributed by atoms with Gasteiger partial charge in [-0.25, -0.2) is 0 Å². The van der Waals surface area contributed by atoms with Gasteiger partial charge in [0.1, 0.15) is 0 Å². The molecule has 1 aromatic rings. The Kier molecular flexibility index (Phi) is 6.64. The zero-order valence-electron chi connectivity index (χ0n) is 15.2. The zero-order chi connectivity index (χ0) is 16.8. The molecule has 1 heterocycles. The number of nitrogens with zero attached hydrogens (tertiary/aromatic N) is 2. The van der Waals surface area contributed by atoms with Crippen LogP contribution in [0.15, 0.2) is 24.3 Å². The summed E-state index contributed by atoms with van der Waals surface area (Å²) in [5.74, 6) is 1.18. The van der Waals surface area contributed by atoms with Gasteiger partial charge in [-0.3, -0.25) is 9.69 Å². The molecular weight excluding hydrogens is 284 g/mol. The molecule has 0 aromatic heterocycles. The molecule has 1 fully saturated rings. The first kappa shape index (κ1) is 18.0.